The van der Waals surface area contributed by atoms with Gasteiger partial charge in [0.05, 0.1) is 19.3 Å². The Morgan fingerprint density at radius 1 is 1.19 bits per heavy atom. The molecule has 136 valence electrons. The lowest BCUT2D eigenvalue weighted by molar-refractivity contribution is 0.0880. The number of hydrogen-bond donors (Lipinski definition) is 0. The van der Waals surface area contributed by atoms with Crippen LogP contribution < -0.4 is 10.2 Å². The van der Waals surface area contributed by atoms with Gasteiger partial charge in [0.1, 0.15) is 11.9 Å². The predicted octanol–water partition coefficient (Wildman–Crippen LogP) is 4.76. The van der Waals surface area contributed by atoms with Crippen LogP contribution in [0.15, 0.2) is 56.8 Å². The molecular weight excluding hydrogens is 328 g/mol. The summed E-state index contributed by atoms with van der Waals surface area (Å²) in [6, 6.07) is 10.2. The van der Waals surface area contributed by atoms with Crippen LogP contribution in [-0.4, -0.2) is 13.7 Å². The number of hydrogen-bond acceptors (Lipinski definition) is 4. The third-order valence-corrected chi connectivity index (χ3v) is 4.58. The van der Waals surface area contributed by atoms with E-state index in [-0.39, 0.29) is 17.5 Å². The van der Waals surface area contributed by atoms with Crippen LogP contribution in [-0.2, 0) is 4.74 Å². The van der Waals surface area contributed by atoms with Crippen molar-refractivity contribution in [2.45, 2.75) is 33.3 Å². The van der Waals surface area contributed by atoms with E-state index in [9.17, 15) is 4.79 Å². The Labute approximate surface area is 153 Å². The summed E-state index contributed by atoms with van der Waals surface area (Å²) in [5, 5.41) is 0. The second-order valence-electron chi connectivity index (χ2n) is 6.64. The van der Waals surface area contributed by atoms with Crippen LogP contribution >= 0.6 is 0 Å². The highest BCUT2D eigenvalue weighted by Gasteiger charge is 2.28. The molecule has 0 bridgehead atoms. The van der Waals surface area contributed by atoms with E-state index < -0.39 is 0 Å². The van der Waals surface area contributed by atoms with Crippen LogP contribution in [0.5, 0.6) is 5.95 Å². The van der Waals surface area contributed by atoms with Gasteiger partial charge in [0.25, 0.3) is 5.95 Å². The van der Waals surface area contributed by atoms with Gasteiger partial charge in [0.15, 0.2) is 5.43 Å². The average Bonchev–Trinajstić information content (AvgIpc) is 3.09. The van der Waals surface area contributed by atoms with E-state index in [1.807, 2.05) is 18.2 Å². The molecule has 0 saturated carbocycles. The van der Waals surface area contributed by atoms with E-state index in [4.69, 9.17) is 13.9 Å². The third kappa shape index (κ3) is 3.81. The van der Waals surface area contributed by atoms with Crippen LogP contribution in [0.25, 0.3) is 6.08 Å². The van der Waals surface area contributed by atoms with Gasteiger partial charge in [0.2, 0.25) is 0 Å². The van der Waals surface area contributed by atoms with Crippen molar-refractivity contribution in [3.63, 3.8) is 0 Å². The molecule has 1 aliphatic rings. The van der Waals surface area contributed by atoms with Gasteiger partial charge >= 0.3 is 0 Å². The molecule has 4 nitrogen and oxygen atoms in total. The monoisotopic (exact) mass is 352 g/mol. The molecule has 0 unspecified atom stereocenters. The molecule has 26 heavy (non-hydrogen) atoms. The predicted molar refractivity (Wildman–Crippen MR) is 102 cm³/mol. The van der Waals surface area contributed by atoms with Crippen molar-refractivity contribution in [2.75, 3.05) is 13.7 Å². The molecule has 0 aliphatic carbocycles. The quantitative estimate of drug-likeness (QED) is 0.796. The number of ether oxygens (including phenoxy) is 2. The van der Waals surface area contributed by atoms with Crippen molar-refractivity contribution in [3.05, 3.63) is 80.2 Å². The van der Waals surface area contributed by atoms with E-state index in [1.54, 1.807) is 13.8 Å². The Balaban J connectivity index is 1.82. The molecule has 2 aromatic rings. The summed E-state index contributed by atoms with van der Waals surface area (Å²) in [5.74, 6) is 0.822. The summed E-state index contributed by atoms with van der Waals surface area (Å²) in [4.78, 5) is 12.4. The molecule has 4 heteroatoms. The van der Waals surface area contributed by atoms with Crippen molar-refractivity contribution >= 4 is 6.08 Å². The highest BCUT2D eigenvalue weighted by Crippen LogP contribution is 2.35. The van der Waals surface area contributed by atoms with Gasteiger partial charge in [-0.15, -0.1) is 0 Å². The van der Waals surface area contributed by atoms with Gasteiger partial charge in [0, 0.05) is 12.0 Å². The lowest BCUT2D eigenvalue weighted by Crippen LogP contribution is -2.15. The van der Waals surface area contributed by atoms with Gasteiger partial charge in [-0.05, 0) is 31.9 Å². The maximum absolute atomic E-state index is 12.4. The first kappa shape index (κ1) is 18.2. The highest BCUT2D eigenvalue weighted by atomic mass is 16.6. The molecule has 0 spiro atoms. The lowest BCUT2D eigenvalue weighted by atomic mass is 10.0. The standard InChI is InChI=1S/C22H24O4/c1-14(10-17-8-6-5-7-9-17)11-18-12-19(25-13-18)21-15(2)20(23)16(3)22(24-4)26-21/h5-11,19H,12-13H2,1-4H3/b14-10+,18-11-/t19-/m1/s1. The number of benzene rings is 1. The maximum Gasteiger partial charge on any atom is 0.291 e. The van der Waals surface area contributed by atoms with Crippen molar-refractivity contribution in [3.8, 4) is 5.95 Å². The fraction of sp³-hybridized carbons (Fsp3) is 0.318. The summed E-state index contributed by atoms with van der Waals surface area (Å²) in [5.41, 5.74) is 4.54. The van der Waals surface area contributed by atoms with Crippen LogP contribution in [0, 0.1) is 13.8 Å². The van der Waals surface area contributed by atoms with Gasteiger partial charge in [-0.3, -0.25) is 4.79 Å². The van der Waals surface area contributed by atoms with Crippen molar-refractivity contribution in [1.29, 1.82) is 0 Å². The Kier molecular flexibility index (Phi) is 5.43. The minimum absolute atomic E-state index is 0.0516. The van der Waals surface area contributed by atoms with E-state index >= 15 is 0 Å². The number of allylic oxidation sites excluding steroid dienone is 2. The molecule has 3 rings (SSSR count). The van der Waals surface area contributed by atoms with Crippen LogP contribution in [0.4, 0.5) is 0 Å². The minimum Gasteiger partial charge on any atom is -0.468 e. The van der Waals surface area contributed by atoms with Gasteiger partial charge < -0.3 is 13.9 Å². The highest BCUT2D eigenvalue weighted by molar-refractivity contribution is 5.55. The number of methoxy groups -OCH3 is 1. The van der Waals surface area contributed by atoms with Gasteiger partial charge in [-0.2, -0.15) is 0 Å². The first-order chi connectivity index (χ1) is 12.5. The first-order valence-electron chi connectivity index (χ1n) is 8.72. The summed E-state index contributed by atoms with van der Waals surface area (Å²) < 4.78 is 16.9. The van der Waals surface area contributed by atoms with Crippen molar-refractivity contribution < 1.29 is 13.9 Å². The van der Waals surface area contributed by atoms with E-state index in [2.05, 4.69) is 31.2 Å². The molecule has 1 saturated heterocycles. The van der Waals surface area contributed by atoms with E-state index in [0.29, 0.717) is 29.9 Å². The Bertz CT molecular complexity index is 904. The van der Waals surface area contributed by atoms with Crippen LogP contribution in [0.2, 0.25) is 0 Å². The second-order valence-corrected chi connectivity index (χ2v) is 6.64. The zero-order valence-corrected chi connectivity index (χ0v) is 15.7. The zero-order chi connectivity index (χ0) is 18.7. The van der Waals surface area contributed by atoms with Crippen molar-refractivity contribution in [1.82, 2.24) is 0 Å². The molecule has 1 aromatic heterocycles. The van der Waals surface area contributed by atoms with Crippen LogP contribution in [0.1, 0.15) is 41.9 Å². The third-order valence-electron chi connectivity index (χ3n) is 4.58. The topological polar surface area (TPSA) is 48.7 Å². The molecular formula is C22H24O4. The molecule has 1 fully saturated rings. The van der Waals surface area contributed by atoms with Crippen LogP contribution in [0.3, 0.4) is 0 Å². The molecule has 1 atom stereocenters. The Morgan fingerprint density at radius 2 is 1.92 bits per heavy atom. The molecule has 1 aliphatic heterocycles. The summed E-state index contributed by atoms with van der Waals surface area (Å²) in [6.45, 7) is 6.09. The lowest BCUT2D eigenvalue weighted by Gasteiger charge is -2.13. The van der Waals surface area contributed by atoms with E-state index in [0.717, 1.165) is 5.57 Å². The average molecular weight is 352 g/mol. The zero-order valence-electron chi connectivity index (χ0n) is 15.7. The smallest absolute Gasteiger partial charge is 0.291 e. The van der Waals surface area contributed by atoms with Gasteiger partial charge in [-0.25, -0.2) is 0 Å². The SMILES string of the molecule is COc1oc([C@H]2C/C(=C/C(C)=C/c3ccccc3)CO2)c(C)c(=O)c1C. The Morgan fingerprint density at radius 3 is 2.62 bits per heavy atom. The molecule has 0 N–H and O–H groups in total. The molecule has 2 heterocycles. The summed E-state index contributed by atoms with van der Waals surface area (Å²) >= 11 is 0. The van der Waals surface area contributed by atoms with Gasteiger partial charge in [-0.1, -0.05) is 48.1 Å². The van der Waals surface area contributed by atoms with Crippen molar-refractivity contribution in [2.24, 2.45) is 0 Å². The maximum atomic E-state index is 12.4. The largest absolute Gasteiger partial charge is 0.468 e. The first-order valence-corrected chi connectivity index (χ1v) is 8.72. The molecule has 0 radical (unpaired) electrons. The fourth-order valence-corrected chi connectivity index (χ4v) is 3.25. The summed E-state index contributed by atoms with van der Waals surface area (Å²) in [6.07, 6.45) is 4.73. The number of rotatable bonds is 4. The fourth-order valence-electron chi connectivity index (χ4n) is 3.25. The second kappa shape index (κ2) is 7.75. The molecule has 1 aromatic carbocycles. The normalized spacial score (nSPS) is 19.2. The Hall–Kier alpha value is -2.59. The minimum atomic E-state index is -0.257. The van der Waals surface area contributed by atoms with E-state index in [1.165, 1.54) is 18.2 Å². The summed E-state index contributed by atoms with van der Waals surface area (Å²) in [7, 11) is 1.50. The molecule has 0 amide bonds.